The predicted octanol–water partition coefficient (Wildman–Crippen LogP) is 2.72. The van der Waals surface area contributed by atoms with Crippen LogP contribution in [0.4, 0.5) is 0 Å². The SMILES string of the molecule is COCC1OC(C)C(C)C1OCSSCCNC(C)=S. The Labute approximate surface area is 135 Å². The van der Waals surface area contributed by atoms with E-state index in [0.29, 0.717) is 18.5 Å². The topological polar surface area (TPSA) is 39.7 Å². The van der Waals surface area contributed by atoms with Crippen LogP contribution in [0.3, 0.4) is 0 Å². The number of methoxy groups -OCH3 is 1. The molecule has 20 heavy (non-hydrogen) atoms. The normalized spacial score (nSPS) is 29.6. The van der Waals surface area contributed by atoms with Crippen LogP contribution in [-0.4, -0.2) is 55.3 Å². The van der Waals surface area contributed by atoms with Crippen molar-refractivity contribution < 1.29 is 14.2 Å². The lowest BCUT2D eigenvalue weighted by molar-refractivity contribution is -0.0440. The fourth-order valence-electron chi connectivity index (χ4n) is 2.11. The van der Waals surface area contributed by atoms with E-state index in [4.69, 9.17) is 26.4 Å². The van der Waals surface area contributed by atoms with Gasteiger partial charge in [0, 0.05) is 25.3 Å². The number of hydrogen-bond acceptors (Lipinski definition) is 6. The number of thiocarbonyl (C=S) groups is 1. The Morgan fingerprint density at radius 2 is 2.10 bits per heavy atom. The van der Waals surface area contributed by atoms with E-state index in [1.54, 1.807) is 28.7 Å². The predicted molar refractivity (Wildman–Crippen MR) is 91.4 cm³/mol. The van der Waals surface area contributed by atoms with Gasteiger partial charge in [-0.05, 0) is 13.8 Å². The Kier molecular flexibility index (Phi) is 9.48. The molecule has 0 spiro atoms. The molecule has 1 saturated heterocycles. The van der Waals surface area contributed by atoms with Crippen molar-refractivity contribution in [3.63, 3.8) is 0 Å². The Balaban J connectivity index is 2.14. The van der Waals surface area contributed by atoms with E-state index in [0.717, 1.165) is 17.3 Å². The molecule has 0 aromatic carbocycles. The molecule has 4 unspecified atom stereocenters. The summed E-state index contributed by atoms with van der Waals surface area (Å²) in [6, 6.07) is 0. The summed E-state index contributed by atoms with van der Waals surface area (Å²) >= 11 is 4.95. The minimum atomic E-state index is 0.0507. The molecule has 0 aromatic rings. The molecule has 0 radical (unpaired) electrons. The minimum absolute atomic E-state index is 0.0507. The molecule has 0 bridgehead atoms. The third-order valence-corrected chi connectivity index (χ3v) is 5.50. The number of nitrogens with one attached hydrogen (secondary N) is 1. The molecule has 1 fully saturated rings. The third-order valence-electron chi connectivity index (χ3n) is 3.30. The van der Waals surface area contributed by atoms with E-state index >= 15 is 0 Å². The van der Waals surface area contributed by atoms with E-state index in [2.05, 4.69) is 19.2 Å². The van der Waals surface area contributed by atoms with Crippen LogP contribution >= 0.6 is 33.8 Å². The first-order valence-electron chi connectivity index (χ1n) is 6.81. The maximum absolute atomic E-state index is 5.97. The van der Waals surface area contributed by atoms with Crippen molar-refractivity contribution in [2.75, 3.05) is 32.0 Å². The summed E-state index contributed by atoms with van der Waals surface area (Å²) in [4.78, 5) is 0.847. The van der Waals surface area contributed by atoms with Crippen molar-refractivity contribution >= 4 is 38.8 Å². The smallest absolute Gasteiger partial charge is 0.108 e. The zero-order valence-corrected chi connectivity index (χ0v) is 15.0. The van der Waals surface area contributed by atoms with Crippen molar-refractivity contribution in [3.8, 4) is 0 Å². The van der Waals surface area contributed by atoms with Gasteiger partial charge in [0.05, 0.1) is 23.8 Å². The van der Waals surface area contributed by atoms with E-state index in [-0.39, 0.29) is 18.3 Å². The van der Waals surface area contributed by atoms with Gasteiger partial charge < -0.3 is 19.5 Å². The number of ether oxygens (including phenoxy) is 3. The largest absolute Gasteiger partial charge is 0.382 e. The molecule has 1 heterocycles. The van der Waals surface area contributed by atoms with Gasteiger partial charge in [-0.1, -0.05) is 40.7 Å². The van der Waals surface area contributed by atoms with Crippen molar-refractivity contribution in [2.24, 2.45) is 5.92 Å². The van der Waals surface area contributed by atoms with Gasteiger partial charge in [0.25, 0.3) is 0 Å². The van der Waals surface area contributed by atoms with Crippen LogP contribution in [0.25, 0.3) is 0 Å². The molecule has 7 heteroatoms. The molecule has 1 aliphatic heterocycles. The van der Waals surface area contributed by atoms with Crippen LogP contribution in [0.1, 0.15) is 20.8 Å². The lowest BCUT2D eigenvalue weighted by Gasteiger charge is -2.20. The van der Waals surface area contributed by atoms with Gasteiger partial charge in [-0.25, -0.2) is 0 Å². The molecule has 0 saturated carbocycles. The molecule has 0 aromatic heterocycles. The van der Waals surface area contributed by atoms with Gasteiger partial charge in [0.15, 0.2) is 0 Å². The quantitative estimate of drug-likeness (QED) is 0.300. The van der Waals surface area contributed by atoms with Gasteiger partial charge in [-0.2, -0.15) is 0 Å². The molecular formula is C13H25NO3S3. The molecule has 118 valence electrons. The van der Waals surface area contributed by atoms with Crippen LogP contribution < -0.4 is 5.32 Å². The molecular weight excluding hydrogens is 314 g/mol. The zero-order valence-electron chi connectivity index (χ0n) is 12.6. The van der Waals surface area contributed by atoms with Crippen molar-refractivity contribution in [1.82, 2.24) is 5.32 Å². The Hall–Kier alpha value is 0.470. The van der Waals surface area contributed by atoms with Crippen molar-refractivity contribution in [3.05, 3.63) is 0 Å². The van der Waals surface area contributed by atoms with Gasteiger partial charge in [-0.3, -0.25) is 0 Å². The second kappa shape index (κ2) is 10.2. The molecule has 0 amide bonds. The summed E-state index contributed by atoms with van der Waals surface area (Å²) in [6.45, 7) is 7.66. The van der Waals surface area contributed by atoms with Crippen LogP contribution in [0.15, 0.2) is 0 Å². The summed E-state index contributed by atoms with van der Waals surface area (Å²) in [5.41, 5.74) is 0. The second-order valence-electron chi connectivity index (χ2n) is 4.87. The highest BCUT2D eigenvalue weighted by molar-refractivity contribution is 8.76. The van der Waals surface area contributed by atoms with Crippen molar-refractivity contribution in [1.29, 1.82) is 0 Å². The van der Waals surface area contributed by atoms with Gasteiger partial charge in [-0.15, -0.1) is 0 Å². The average molecular weight is 340 g/mol. The molecule has 4 atom stereocenters. The van der Waals surface area contributed by atoms with E-state index in [9.17, 15) is 0 Å². The summed E-state index contributed by atoms with van der Waals surface area (Å²) < 4.78 is 17.0. The average Bonchev–Trinajstić information content (AvgIpc) is 2.65. The first-order chi connectivity index (χ1) is 9.56. The molecule has 0 aliphatic carbocycles. The molecule has 1 N–H and O–H groups in total. The summed E-state index contributed by atoms with van der Waals surface area (Å²) in [7, 11) is 5.22. The monoisotopic (exact) mass is 339 g/mol. The lowest BCUT2D eigenvalue weighted by Crippen LogP contribution is -2.32. The standard InChI is InChI=1S/C13H25NO3S3/c1-9-10(2)17-12(7-15-4)13(9)16-8-20-19-6-5-14-11(3)18/h9-10,12-13H,5-8H2,1-4H3,(H,14,18). The number of rotatable bonds is 9. The summed E-state index contributed by atoms with van der Waals surface area (Å²) in [6.07, 6.45) is 0.404. The first-order valence-corrected chi connectivity index (χ1v) is 9.70. The Morgan fingerprint density at radius 3 is 2.75 bits per heavy atom. The van der Waals surface area contributed by atoms with Gasteiger partial charge in [0.2, 0.25) is 0 Å². The van der Waals surface area contributed by atoms with Gasteiger partial charge in [0.1, 0.15) is 12.0 Å². The number of hydrogen-bond donors (Lipinski definition) is 1. The lowest BCUT2D eigenvalue weighted by atomic mass is 9.99. The summed E-state index contributed by atoms with van der Waals surface area (Å²) in [5.74, 6) is 2.09. The minimum Gasteiger partial charge on any atom is -0.382 e. The Bertz CT molecular complexity index is 294. The summed E-state index contributed by atoms with van der Waals surface area (Å²) in [5, 5.41) is 3.13. The van der Waals surface area contributed by atoms with Crippen LogP contribution in [0.2, 0.25) is 0 Å². The maximum Gasteiger partial charge on any atom is 0.108 e. The van der Waals surface area contributed by atoms with E-state index in [1.807, 2.05) is 6.92 Å². The maximum atomic E-state index is 5.97. The zero-order chi connectivity index (χ0) is 15.0. The highest BCUT2D eigenvalue weighted by Gasteiger charge is 2.40. The molecule has 4 nitrogen and oxygen atoms in total. The molecule has 1 aliphatic rings. The highest BCUT2D eigenvalue weighted by Crippen LogP contribution is 2.31. The van der Waals surface area contributed by atoms with Crippen LogP contribution in [0.5, 0.6) is 0 Å². The van der Waals surface area contributed by atoms with E-state index in [1.165, 1.54) is 0 Å². The van der Waals surface area contributed by atoms with E-state index < -0.39 is 0 Å². The fourth-order valence-corrected chi connectivity index (χ4v) is 3.77. The first kappa shape index (κ1) is 18.5. The van der Waals surface area contributed by atoms with Crippen molar-refractivity contribution in [2.45, 2.75) is 39.1 Å². The second-order valence-corrected chi connectivity index (χ2v) is 8.01. The fraction of sp³-hybridized carbons (Fsp3) is 0.923. The van der Waals surface area contributed by atoms with Crippen LogP contribution in [0, 0.1) is 5.92 Å². The van der Waals surface area contributed by atoms with Gasteiger partial charge >= 0.3 is 0 Å². The third kappa shape index (κ3) is 6.49. The molecule has 1 rings (SSSR count). The van der Waals surface area contributed by atoms with Crippen LogP contribution in [-0.2, 0) is 14.2 Å². The highest BCUT2D eigenvalue weighted by atomic mass is 33.1. The Morgan fingerprint density at radius 1 is 1.35 bits per heavy atom.